The van der Waals surface area contributed by atoms with Crippen molar-refractivity contribution in [3.8, 4) is 0 Å². The highest BCUT2D eigenvalue weighted by Gasteiger charge is 2.30. The second-order valence-corrected chi connectivity index (χ2v) is 7.31. The molecular weight excluding hydrogens is 412 g/mol. The van der Waals surface area contributed by atoms with Crippen molar-refractivity contribution in [1.29, 1.82) is 0 Å². The van der Waals surface area contributed by atoms with E-state index < -0.39 is 11.7 Å². The van der Waals surface area contributed by atoms with Crippen molar-refractivity contribution < 1.29 is 17.6 Å². The third kappa shape index (κ3) is 4.84. The lowest BCUT2D eigenvalue weighted by molar-refractivity contribution is -0.137. The van der Waals surface area contributed by atoms with E-state index in [-0.39, 0.29) is 5.82 Å². The van der Waals surface area contributed by atoms with Crippen LogP contribution in [-0.4, -0.2) is 36.0 Å². The lowest BCUT2D eigenvalue weighted by atomic mass is 10.1. The molecule has 0 spiro atoms. The third-order valence-electron chi connectivity index (χ3n) is 4.58. The van der Waals surface area contributed by atoms with Gasteiger partial charge in [-0.3, -0.25) is 9.80 Å². The van der Waals surface area contributed by atoms with Gasteiger partial charge < -0.3 is 0 Å². The maximum absolute atomic E-state index is 14.1. The van der Waals surface area contributed by atoms with Crippen molar-refractivity contribution in [2.24, 2.45) is 0 Å². The number of rotatable bonds is 4. The lowest BCUT2D eigenvalue weighted by Gasteiger charge is -2.34. The number of hydrogen-bond donors (Lipinski definition) is 0. The van der Waals surface area contributed by atoms with Gasteiger partial charge in [0.15, 0.2) is 0 Å². The molecule has 2 nitrogen and oxygen atoms in total. The molecule has 0 atom stereocenters. The van der Waals surface area contributed by atoms with Crippen molar-refractivity contribution >= 4 is 15.9 Å². The van der Waals surface area contributed by atoms with Gasteiger partial charge in [-0.1, -0.05) is 24.3 Å². The van der Waals surface area contributed by atoms with Crippen molar-refractivity contribution in [2.45, 2.75) is 19.3 Å². The van der Waals surface area contributed by atoms with E-state index in [1.165, 1.54) is 12.1 Å². The van der Waals surface area contributed by atoms with Gasteiger partial charge in [-0.2, -0.15) is 13.2 Å². The smallest absolute Gasteiger partial charge is 0.297 e. The molecule has 3 rings (SSSR count). The summed E-state index contributed by atoms with van der Waals surface area (Å²) in [5, 5.41) is 0. The molecule has 1 saturated heterocycles. The first kappa shape index (κ1) is 19.3. The summed E-state index contributed by atoms with van der Waals surface area (Å²) >= 11 is 3.20. The first-order valence-corrected chi connectivity index (χ1v) is 9.16. The molecule has 1 aliphatic rings. The Hall–Kier alpha value is -1.44. The Bertz CT molecular complexity index is 738. The van der Waals surface area contributed by atoms with Crippen molar-refractivity contribution in [3.05, 3.63) is 69.4 Å². The van der Waals surface area contributed by atoms with Crippen LogP contribution in [-0.2, 0) is 19.3 Å². The second-order valence-electron chi connectivity index (χ2n) is 6.46. The largest absolute Gasteiger partial charge is 0.416 e. The highest BCUT2D eigenvalue weighted by molar-refractivity contribution is 9.10. The predicted octanol–water partition coefficient (Wildman–Crippen LogP) is 4.92. The number of halogens is 5. The van der Waals surface area contributed by atoms with E-state index in [0.29, 0.717) is 23.1 Å². The molecule has 26 heavy (non-hydrogen) atoms. The molecule has 0 saturated carbocycles. The van der Waals surface area contributed by atoms with E-state index in [9.17, 15) is 17.6 Å². The molecule has 2 aromatic carbocycles. The molecule has 1 heterocycles. The summed E-state index contributed by atoms with van der Waals surface area (Å²) < 4.78 is 52.4. The molecule has 0 N–H and O–H groups in total. The van der Waals surface area contributed by atoms with Crippen LogP contribution in [0.4, 0.5) is 17.6 Å². The highest BCUT2D eigenvalue weighted by Crippen LogP contribution is 2.29. The fourth-order valence-corrected chi connectivity index (χ4v) is 3.48. The van der Waals surface area contributed by atoms with Gasteiger partial charge in [-0.05, 0) is 39.7 Å². The molecule has 0 bridgehead atoms. The molecule has 0 radical (unpaired) electrons. The lowest BCUT2D eigenvalue weighted by Crippen LogP contribution is -2.45. The van der Waals surface area contributed by atoms with Crippen LogP contribution in [0.2, 0.25) is 0 Å². The van der Waals surface area contributed by atoms with Crippen LogP contribution in [0.3, 0.4) is 0 Å². The van der Waals surface area contributed by atoms with E-state index >= 15 is 0 Å². The summed E-state index contributed by atoms with van der Waals surface area (Å²) in [6.07, 6.45) is -4.30. The third-order valence-corrected chi connectivity index (χ3v) is 5.19. The predicted molar refractivity (Wildman–Crippen MR) is 96.1 cm³/mol. The summed E-state index contributed by atoms with van der Waals surface area (Å²) in [4.78, 5) is 4.39. The van der Waals surface area contributed by atoms with Gasteiger partial charge >= 0.3 is 6.18 Å². The van der Waals surface area contributed by atoms with Gasteiger partial charge in [0.25, 0.3) is 0 Å². The Morgan fingerprint density at radius 1 is 0.846 bits per heavy atom. The summed E-state index contributed by atoms with van der Waals surface area (Å²) in [7, 11) is 0. The molecule has 140 valence electrons. The SMILES string of the molecule is Fc1c(Br)cccc1CN1CCN(Cc2ccc(C(F)(F)F)cc2)CC1. The van der Waals surface area contributed by atoms with Gasteiger partial charge in [-0.25, -0.2) is 4.39 Å². The molecule has 1 fully saturated rings. The fourth-order valence-electron chi connectivity index (χ4n) is 3.07. The van der Waals surface area contributed by atoms with Crippen LogP contribution in [0.1, 0.15) is 16.7 Å². The molecular formula is C19H19BrF4N2. The minimum Gasteiger partial charge on any atom is -0.297 e. The van der Waals surface area contributed by atoms with Crippen LogP contribution < -0.4 is 0 Å². The van der Waals surface area contributed by atoms with Crippen molar-refractivity contribution in [2.75, 3.05) is 26.2 Å². The van der Waals surface area contributed by atoms with E-state index in [0.717, 1.165) is 43.9 Å². The topological polar surface area (TPSA) is 6.48 Å². The molecule has 7 heteroatoms. The maximum Gasteiger partial charge on any atom is 0.416 e. The summed E-state index contributed by atoms with van der Waals surface area (Å²) in [6, 6.07) is 10.6. The number of hydrogen-bond acceptors (Lipinski definition) is 2. The summed E-state index contributed by atoms with van der Waals surface area (Å²) in [5.74, 6) is -0.223. The van der Waals surface area contributed by atoms with Gasteiger partial charge in [0, 0.05) is 44.8 Å². The Morgan fingerprint density at radius 3 is 2.00 bits per heavy atom. The average Bonchev–Trinajstić information content (AvgIpc) is 2.60. The molecule has 0 unspecified atom stereocenters. The Balaban J connectivity index is 1.51. The zero-order chi connectivity index (χ0) is 18.7. The van der Waals surface area contributed by atoms with E-state index in [2.05, 4.69) is 25.7 Å². The van der Waals surface area contributed by atoms with Crippen molar-refractivity contribution in [3.63, 3.8) is 0 Å². The molecule has 1 aliphatic heterocycles. The Labute approximate surface area is 158 Å². The first-order chi connectivity index (χ1) is 12.3. The second kappa shape index (κ2) is 8.06. The van der Waals surface area contributed by atoms with Crippen LogP contribution in [0.15, 0.2) is 46.9 Å². The first-order valence-electron chi connectivity index (χ1n) is 8.36. The molecule has 0 amide bonds. The maximum atomic E-state index is 14.1. The van der Waals surface area contributed by atoms with Crippen LogP contribution in [0.5, 0.6) is 0 Å². The van der Waals surface area contributed by atoms with Crippen molar-refractivity contribution in [1.82, 2.24) is 9.80 Å². The minimum absolute atomic E-state index is 0.223. The van der Waals surface area contributed by atoms with Gasteiger partial charge in [0.2, 0.25) is 0 Å². The van der Waals surface area contributed by atoms with E-state index in [1.54, 1.807) is 12.1 Å². The van der Waals surface area contributed by atoms with Crippen LogP contribution in [0.25, 0.3) is 0 Å². The van der Waals surface area contributed by atoms with Gasteiger partial charge in [0.05, 0.1) is 10.0 Å². The van der Waals surface area contributed by atoms with Gasteiger partial charge in [-0.15, -0.1) is 0 Å². The molecule has 2 aromatic rings. The molecule has 0 aromatic heterocycles. The summed E-state index contributed by atoms with van der Waals surface area (Å²) in [6.45, 7) is 4.38. The van der Waals surface area contributed by atoms with E-state index in [4.69, 9.17) is 0 Å². The Kier molecular flexibility index (Phi) is 5.99. The number of benzene rings is 2. The standard InChI is InChI=1S/C19H19BrF4N2/c20-17-3-1-2-15(18(17)21)13-26-10-8-25(9-11-26)12-14-4-6-16(7-5-14)19(22,23)24/h1-7H,8-13H2. The minimum atomic E-state index is -4.30. The highest BCUT2D eigenvalue weighted by atomic mass is 79.9. The number of alkyl halides is 3. The fraction of sp³-hybridized carbons (Fsp3) is 0.368. The summed E-state index contributed by atoms with van der Waals surface area (Å²) in [5.41, 5.74) is 0.905. The zero-order valence-corrected chi connectivity index (χ0v) is 15.7. The van der Waals surface area contributed by atoms with Crippen LogP contribution in [0, 0.1) is 5.82 Å². The monoisotopic (exact) mass is 430 g/mol. The molecule has 0 aliphatic carbocycles. The number of nitrogens with zero attached hydrogens (tertiary/aromatic N) is 2. The van der Waals surface area contributed by atoms with E-state index in [1.807, 2.05) is 6.07 Å². The average molecular weight is 431 g/mol. The zero-order valence-electron chi connectivity index (χ0n) is 14.1. The normalized spacial score (nSPS) is 16.8. The quantitative estimate of drug-likeness (QED) is 0.634. The van der Waals surface area contributed by atoms with Crippen LogP contribution >= 0.6 is 15.9 Å². The number of piperazine rings is 1. The van der Waals surface area contributed by atoms with Gasteiger partial charge in [0.1, 0.15) is 5.82 Å². The Morgan fingerprint density at radius 2 is 1.42 bits per heavy atom.